The molecule has 0 aliphatic heterocycles. The van der Waals surface area contributed by atoms with Crippen molar-refractivity contribution in [2.24, 2.45) is 0 Å². The SMILES string of the molecule is Cc1ccccc1-c1nnc(SCc2cc(-c3ccccc3)on2)n1Cc1ccco1. The van der Waals surface area contributed by atoms with Crippen LogP contribution in [0.5, 0.6) is 0 Å². The second-order valence-electron chi connectivity index (χ2n) is 7.12. The van der Waals surface area contributed by atoms with Crippen LogP contribution in [0, 0.1) is 6.92 Å². The maximum Gasteiger partial charge on any atom is 0.192 e. The van der Waals surface area contributed by atoms with Crippen LogP contribution in [-0.2, 0) is 12.3 Å². The van der Waals surface area contributed by atoms with Gasteiger partial charge in [-0.1, -0.05) is 71.5 Å². The lowest BCUT2D eigenvalue weighted by molar-refractivity contribution is 0.426. The molecule has 31 heavy (non-hydrogen) atoms. The molecule has 0 amide bonds. The number of benzene rings is 2. The summed E-state index contributed by atoms with van der Waals surface area (Å²) >= 11 is 1.58. The predicted octanol–water partition coefficient (Wildman–Crippen LogP) is 5.84. The fraction of sp³-hybridized carbons (Fsp3) is 0.125. The standard InChI is InChI=1S/C24H20N4O2S/c1-17-8-5-6-12-21(17)23-25-26-24(28(23)15-20-11-7-13-29-20)31-16-19-14-22(30-27-19)18-9-3-2-4-10-18/h2-14H,15-16H2,1H3. The second kappa shape index (κ2) is 8.65. The zero-order valence-corrected chi connectivity index (χ0v) is 17.7. The summed E-state index contributed by atoms with van der Waals surface area (Å²) in [7, 11) is 0. The number of hydrogen-bond acceptors (Lipinski definition) is 6. The molecule has 0 atom stereocenters. The molecule has 0 bridgehead atoms. The van der Waals surface area contributed by atoms with Crippen LogP contribution >= 0.6 is 11.8 Å². The predicted molar refractivity (Wildman–Crippen MR) is 120 cm³/mol. The van der Waals surface area contributed by atoms with Gasteiger partial charge in [-0.25, -0.2) is 0 Å². The zero-order chi connectivity index (χ0) is 21.0. The van der Waals surface area contributed by atoms with E-state index >= 15 is 0 Å². The van der Waals surface area contributed by atoms with Crippen molar-refractivity contribution in [3.63, 3.8) is 0 Å². The number of thioether (sulfide) groups is 1. The summed E-state index contributed by atoms with van der Waals surface area (Å²) in [5, 5.41) is 14.0. The van der Waals surface area contributed by atoms with Gasteiger partial charge >= 0.3 is 0 Å². The lowest BCUT2D eigenvalue weighted by atomic mass is 10.1. The van der Waals surface area contributed by atoms with E-state index < -0.39 is 0 Å². The molecule has 5 aromatic rings. The van der Waals surface area contributed by atoms with Crippen molar-refractivity contribution in [3.8, 4) is 22.7 Å². The Morgan fingerprint density at radius 2 is 1.77 bits per heavy atom. The van der Waals surface area contributed by atoms with Gasteiger partial charge in [0.15, 0.2) is 16.7 Å². The second-order valence-corrected chi connectivity index (χ2v) is 8.07. The summed E-state index contributed by atoms with van der Waals surface area (Å²) in [6.07, 6.45) is 1.68. The first kappa shape index (κ1) is 19.4. The van der Waals surface area contributed by atoms with E-state index in [0.717, 1.165) is 44.9 Å². The lowest BCUT2D eigenvalue weighted by Gasteiger charge is -2.10. The van der Waals surface area contributed by atoms with Crippen molar-refractivity contribution in [3.05, 3.63) is 96.1 Å². The molecule has 5 rings (SSSR count). The first-order chi connectivity index (χ1) is 15.3. The zero-order valence-electron chi connectivity index (χ0n) is 16.9. The molecule has 0 saturated carbocycles. The average molecular weight is 429 g/mol. The summed E-state index contributed by atoms with van der Waals surface area (Å²) in [6, 6.07) is 24.0. The summed E-state index contributed by atoms with van der Waals surface area (Å²) in [6.45, 7) is 2.63. The van der Waals surface area contributed by atoms with Gasteiger partial charge in [-0.3, -0.25) is 4.57 Å². The van der Waals surface area contributed by atoms with Crippen molar-refractivity contribution < 1.29 is 8.94 Å². The molecule has 0 spiro atoms. The minimum atomic E-state index is 0.556. The topological polar surface area (TPSA) is 69.9 Å². The van der Waals surface area contributed by atoms with Crippen LogP contribution in [-0.4, -0.2) is 19.9 Å². The first-order valence-corrected chi connectivity index (χ1v) is 10.9. The maximum atomic E-state index is 5.59. The Balaban J connectivity index is 1.41. The molecule has 0 N–H and O–H groups in total. The molecular weight excluding hydrogens is 408 g/mol. The van der Waals surface area contributed by atoms with Crippen LogP contribution < -0.4 is 0 Å². The average Bonchev–Trinajstić information content (AvgIpc) is 3.56. The number of hydrogen-bond donors (Lipinski definition) is 0. The van der Waals surface area contributed by atoms with Crippen molar-refractivity contribution in [1.29, 1.82) is 0 Å². The van der Waals surface area contributed by atoms with Gasteiger partial charge in [0.05, 0.1) is 18.5 Å². The highest BCUT2D eigenvalue weighted by Crippen LogP contribution is 2.30. The molecule has 0 aliphatic carbocycles. The Bertz CT molecular complexity index is 1280. The first-order valence-electron chi connectivity index (χ1n) is 9.93. The Morgan fingerprint density at radius 1 is 0.935 bits per heavy atom. The summed E-state index contributed by atoms with van der Waals surface area (Å²) < 4.78 is 13.2. The Kier molecular flexibility index (Phi) is 5.41. The molecule has 0 radical (unpaired) electrons. The normalized spacial score (nSPS) is 11.1. The van der Waals surface area contributed by atoms with E-state index in [1.807, 2.05) is 60.7 Å². The highest BCUT2D eigenvalue weighted by Gasteiger charge is 2.18. The van der Waals surface area contributed by atoms with E-state index in [0.29, 0.717) is 12.3 Å². The van der Waals surface area contributed by atoms with E-state index in [1.165, 1.54) is 0 Å². The Morgan fingerprint density at radius 3 is 2.58 bits per heavy atom. The van der Waals surface area contributed by atoms with Gasteiger partial charge in [-0.2, -0.15) is 0 Å². The molecular formula is C24H20N4O2S. The highest BCUT2D eigenvalue weighted by atomic mass is 32.2. The molecule has 6 nitrogen and oxygen atoms in total. The van der Waals surface area contributed by atoms with Gasteiger partial charge in [0.25, 0.3) is 0 Å². The molecule has 154 valence electrons. The van der Waals surface area contributed by atoms with Gasteiger partial charge in [-0.15, -0.1) is 10.2 Å². The molecule has 0 saturated heterocycles. The van der Waals surface area contributed by atoms with E-state index in [1.54, 1.807) is 18.0 Å². The van der Waals surface area contributed by atoms with Crippen LogP contribution in [0.3, 0.4) is 0 Å². The number of aromatic nitrogens is 4. The van der Waals surface area contributed by atoms with Crippen molar-refractivity contribution in [2.75, 3.05) is 0 Å². The largest absolute Gasteiger partial charge is 0.467 e. The summed E-state index contributed by atoms with van der Waals surface area (Å²) in [5.41, 5.74) is 4.07. The minimum absolute atomic E-state index is 0.556. The Labute approximate surface area is 183 Å². The van der Waals surface area contributed by atoms with Crippen LogP contribution in [0.2, 0.25) is 0 Å². The third-order valence-electron chi connectivity index (χ3n) is 4.96. The fourth-order valence-electron chi connectivity index (χ4n) is 3.38. The monoisotopic (exact) mass is 428 g/mol. The third kappa shape index (κ3) is 4.18. The van der Waals surface area contributed by atoms with E-state index in [9.17, 15) is 0 Å². The Hall–Kier alpha value is -3.58. The van der Waals surface area contributed by atoms with E-state index in [2.05, 4.69) is 39.0 Å². The van der Waals surface area contributed by atoms with E-state index in [-0.39, 0.29) is 0 Å². The number of furan rings is 1. The molecule has 0 aliphatic rings. The molecule has 0 fully saturated rings. The molecule has 7 heteroatoms. The van der Waals surface area contributed by atoms with Gasteiger partial charge in [0.1, 0.15) is 5.76 Å². The molecule has 0 unspecified atom stereocenters. The highest BCUT2D eigenvalue weighted by molar-refractivity contribution is 7.98. The maximum absolute atomic E-state index is 5.59. The summed E-state index contributed by atoms with van der Waals surface area (Å²) in [5.74, 6) is 3.06. The van der Waals surface area contributed by atoms with Gasteiger partial charge in [0, 0.05) is 22.9 Å². The van der Waals surface area contributed by atoms with Gasteiger partial charge in [-0.05, 0) is 24.6 Å². The van der Waals surface area contributed by atoms with Crippen molar-refractivity contribution >= 4 is 11.8 Å². The van der Waals surface area contributed by atoms with Crippen LogP contribution in [0.25, 0.3) is 22.7 Å². The number of rotatable bonds is 7. The minimum Gasteiger partial charge on any atom is -0.467 e. The number of nitrogens with zero attached hydrogens (tertiary/aromatic N) is 4. The van der Waals surface area contributed by atoms with Gasteiger partial charge in [0.2, 0.25) is 0 Å². The molecule has 3 heterocycles. The lowest BCUT2D eigenvalue weighted by Crippen LogP contribution is -2.04. The van der Waals surface area contributed by atoms with Crippen molar-refractivity contribution in [2.45, 2.75) is 24.4 Å². The smallest absolute Gasteiger partial charge is 0.192 e. The molecule has 2 aromatic carbocycles. The quantitative estimate of drug-likeness (QED) is 0.303. The van der Waals surface area contributed by atoms with Crippen LogP contribution in [0.1, 0.15) is 17.0 Å². The number of aryl methyl sites for hydroxylation is 1. The molecule has 3 aromatic heterocycles. The third-order valence-corrected chi connectivity index (χ3v) is 5.96. The fourth-order valence-corrected chi connectivity index (χ4v) is 4.19. The van der Waals surface area contributed by atoms with Crippen LogP contribution in [0.15, 0.2) is 93.2 Å². The van der Waals surface area contributed by atoms with Crippen molar-refractivity contribution in [1.82, 2.24) is 19.9 Å². The van der Waals surface area contributed by atoms with E-state index in [4.69, 9.17) is 8.94 Å². The summed E-state index contributed by atoms with van der Waals surface area (Å²) in [4.78, 5) is 0. The van der Waals surface area contributed by atoms with Crippen LogP contribution in [0.4, 0.5) is 0 Å². The van der Waals surface area contributed by atoms with Gasteiger partial charge < -0.3 is 8.94 Å².